The first-order chi connectivity index (χ1) is 11.8. The number of phenols is 1. The summed E-state index contributed by atoms with van der Waals surface area (Å²) in [5.74, 6) is 0.732. The van der Waals surface area contributed by atoms with E-state index in [2.05, 4.69) is 4.98 Å². The number of hydrogen-bond acceptors (Lipinski definition) is 5. The number of aromatic nitrogens is 1. The van der Waals surface area contributed by atoms with Crippen molar-refractivity contribution < 1.29 is 17.9 Å². The molecule has 0 aliphatic carbocycles. The molecule has 1 heterocycles. The number of oxazole rings is 1. The summed E-state index contributed by atoms with van der Waals surface area (Å²) in [5.41, 5.74) is 3.56. The number of nitrogens with zero attached hydrogens (tertiary/aromatic N) is 1. The number of phenolic OH excluding ortho intramolecular Hbond substituents is 1. The van der Waals surface area contributed by atoms with Crippen molar-refractivity contribution in [3.05, 3.63) is 52.9 Å². The van der Waals surface area contributed by atoms with Gasteiger partial charge in [-0.2, -0.15) is 0 Å². The molecule has 0 spiro atoms. The van der Waals surface area contributed by atoms with Gasteiger partial charge in [-0.15, -0.1) is 0 Å². The Kier molecular flexibility index (Phi) is 4.39. The van der Waals surface area contributed by atoms with Gasteiger partial charge in [-0.1, -0.05) is 6.92 Å². The van der Waals surface area contributed by atoms with Gasteiger partial charge in [-0.05, 0) is 66.9 Å². The molecule has 1 N–H and O–H groups in total. The quantitative estimate of drug-likeness (QED) is 0.760. The van der Waals surface area contributed by atoms with Crippen molar-refractivity contribution in [2.24, 2.45) is 0 Å². The fourth-order valence-corrected chi connectivity index (χ4v) is 3.51. The van der Waals surface area contributed by atoms with Gasteiger partial charge in [0.15, 0.2) is 15.4 Å². The van der Waals surface area contributed by atoms with Crippen molar-refractivity contribution in [3.63, 3.8) is 0 Å². The second kappa shape index (κ2) is 6.37. The average molecular weight is 357 g/mol. The molecule has 0 bridgehead atoms. The second-order valence-corrected chi connectivity index (χ2v) is 8.20. The molecule has 0 saturated heterocycles. The van der Waals surface area contributed by atoms with Crippen LogP contribution in [0.4, 0.5) is 0 Å². The summed E-state index contributed by atoms with van der Waals surface area (Å²) in [5, 5.41) is 9.82. The minimum Gasteiger partial charge on any atom is -0.507 e. The number of aromatic hydroxyl groups is 1. The third-order valence-electron chi connectivity index (χ3n) is 4.05. The molecule has 0 atom stereocenters. The second-order valence-electron chi connectivity index (χ2n) is 5.92. The van der Waals surface area contributed by atoms with E-state index in [1.54, 1.807) is 19.1 Å². The summed E-state index contributed by atoms with van der Waals surface area (Å²) in [6.07, 6.45) is 3.56. The molecule has 0 radical (unpaired) electrons. The number of fused-ring (bicyclic) bond motifs is 1. The number of aryl methyl sites for hydroxylation is 2. The topological polar surface area (TPSA) is 80.4 Å². The average Bonchev–Trinajstić information content (AvgIpc) is 2.99. The van der Waals surface area contributed by atoms with Gasteiger partial charge in [-0.3, -0.25) is 0 Å². The first kappa shape index (κ1) is 17.2. The van der Waals surface area contributed by atoms with Gasteiger partial charge < -0.3 is 9.52 Å². The minimum atomic E-state index is -3.27. The molecule has 5 nitrogen and oxygen atoms in total. The van der Waals surface area contributed by atoms with Crippen molar-refractivity contribution in [1.29, 1.82) is 0 Å². The summed E-state index contributed by atoms with van der Waals surface area (Å²) in [6.45, 7) is 5.29. The number of hydrogen-bond donors (Lipinski definition) is 1. The van der Waals surface area contributed by atoms with Gasteiger partial charge in [0, 0.05) is 6.08 Å². The van der Waals surface area contributed by atoms with E-state index in [0.717, 1.165) is 16.7 Å². The SMILES string of the molecule is CCS(=O)(=O)c1ccc2oc(/C=C/c3cc(C)c(O)c(C)c3)nc2c1. The van der Waals surface area contributed by atoms with E-state index >= 15 is 0 Å². The van der Waals surface area contributed by atoms with E-state index in [9.17, 15) is 13.5 Å². The monoisotopic (exact) mass is 357 g/mol. The van der Waals surface area contributed by atoms with Crippen molar-refractivity contribution in [2.75, 3.05) is 5.75 Å². The normalized spacial score (nSPS) is 12.3. The molecular formula is C19H19NO4S. The van der Waals surface area contributed by atoms with Crippen LogP contribution in [0.5, 0.6) is 5.75 Å². The highest BCUT2D eigenvalue weighted by molar-refractivity contribution is 7.91. The van der Waals surface area contributed by atoms with Crippen LogP contribution in [0, 0.1) is 13.8 Å². The van der Waals surface area contributed by atoms with Gasteiger partial charge in [0.05, 0.1) is 10.6 Å². The molecule has 0 fully saturated rings. The van der Waals surface area contributed by atoms with Gasteiger partial charge in [-0.25, -0.2) is 13.4 Å². The summed E-state index contributed by atoms with van der Waals surface area (Å²) in [4.78, 5) is 4.58. The highest BCUT2D eigenvalue weighted by Crippen LogP contribution is 2.25. The Morgan fingerprint density at radius 2 is 1.80 bits per heavy atom. The smallest absolute Gasteiger partial charge is 0.220 e. The first-order valence-electron chi connectivity index (χ1n) is 7.92. The van der Waals surface area contributed by atoms with Crippen LogP contribution in [0.1, 0.15) is 29.5 Å². The third-order valence-corrected chi connectivity index (χ3v) is 5.78. The van der Waals surface area contributed by atoms with Crippen molar-refractivity contribution in [2.45, 2.75) is 25.7 Å². The summed E-state index contributed by atoms with van der Waals surface area (Å²) >= 11 is 0. The van der Waals surface area contributed by atoms with Gasteiger partial charge >= 0.3 is 0 Å². The molecule has 2 aromatic carbocycles. The lowest BCUT2D eigenvalue weighted by atomic mass is 10.1. The van der Waals surface area contributed by atoms with Gasteiger partial charge in [0.2, 0.25) is 5.89 Å². The van der Waals surface area contributed by atoms with E-state index in [1.165, 1.54) is 12.1 Å². The maximum Gasteiger partial charge on any atom is 0.220 e. The largest absolute Gasteiger partial charge is 0.507 e. The Bertz CT molecular complexity index is 1050. The molecular weight excluding hydrogens is 338 g/mol. The van der Waals surface area contributed by atoms with Crippen molar-refractivity contribution in [3.8, 4) is 5.75 Å². The molecule has 0 aliphatic heterocycles. The van der Waals surface area contributed by atoms with Crippen molar-refractivity contribution in [1.82, 2.24) is 4.98 Å². The number of rotatable bonds is 4. The molecule has 0 amide bonds. The first-order valence-corrected chi connectivity index (χ1v) is 9.57. The Morgan fingerprint density at radius 3 is 2.44 bits per heavy atom. The van der Waals surface area contributed by atoms with Crippen LogP contribution >= 0.6 is 0 Å². The zero-order valence-corrected chi connectivity index (χ0v) is 15.1. The molecule has 25 heavy (non-hydrogen) atoms. The van der Waals surface area contributed by atoms with Crippen molar-refractivity contribution >= 4 is 33.1 Å². The van der Waals surface area contributed by atoms with Crippen LogP contribution in [-0.4, -0.2) is 24.3 Å². The van der Waals surface area contributed by atoms with E-state index in [0.29, 0.717) is 22.7 Å². The summed E-state index contributed by atoms with van der Waals surface area (Å²) in [7, 11) is -3.27. The Morgan fingerprint density at radius 1 is 1.12 bits per heavy atom. The van der Waals surface area contributed by atoms with E-state index in [4.69, 9.17) is 4.42 Å². The molecule has 130 valence electrons. The predicted molar refractivity (Wildman–Crippen MR) is 98.2 cm³/mol. The highest BCUT2D eigenvalue weighted by atomic mass is 32.2. The third kappa shape index (κ3) is 3.44. The van der Waals surface area contributed by atoms with Crippen LogP contribution in [-0.2, 0) is 9.84 Å². The lowest BCUT2D eigenvalue weighted by molar-refractivity contribution is 0.467. The molecule has 0 aliphatic rings. The fraction of sp³-hybridized carbons (Fsp3) is 0.211. The minimum absolute atomic E-state index is 0.0443. The summed E-state index contributed by atoms with van der Waals surface area (Å²) < 4.78 is 29.6. The van der Waals surface area contributed by atoms with Crippen LogP contribution in [0.2, 0.25) is 0 Å². The summed E-state index contributed by atoms with van der Waals surface area (Å²) in [6, 6.07) is 8.42. The molecule has 6 heteroatoms. The molecule has 0 saturated carbocycles. The van der Waals surface area contributed by atoms with Crippen LogP contribution in [0.3, 0.4) is 0 Å². The van der Waals surface area contributed by atoms with Gasteiger partial charge in [0.1, 0.15) is 11.3 Å². The van der Waals surface area contributed by atoms with Crippen LogP contribution in [0.15, 0.2) is 39.6 Å². The lowest BCUT2D eigenvalue weighted by Crippen LogP contribution is -2.03. The highest BCUT2D eigenvalue weighted by Gasteiger charge is 2.14. The fourth-order valence-electron chi connectivity index (χ4n) is 2.61. The molecule has 0 unspecified atom stereocenters. The zero-order chi connectivity index (χ0) is 18.2. The van der Waals surface area contributed by atoms with Gasteiger partial charge in [0.25, 0.3) is 0 Å². The molecule has 1 aromatic heterocycles. The van der Waals surface area contributed by atoms with Crippen LogP contribution < -0.4 is 0 Å². The Balaban J connectivity index is 1.95. The molecule has 3 rings (SSSR count). The van der Waals surface area contributed by atoms with E-state index < -0.39 is 9.84 Å². The van der Waals surface area contributed by atoms with Crippen LogP contribution in [0.25, 0.3) is 23.3 Å². The number of benzene rings is 2. The zero-order valence-electron chi connectivity index (χ0n) is 14.3. The maximum atomic E-state index is 12.0. The Hall–Kier alpha value is -2.60. The standard InChI is InChI=1S/C19H19NO4S/c1-4-25(22,23)15-6-7-17-16(11-15)20-18(24-17)8-5-14-9-12(2)19(21)13(3)10-14/h5-11,21H,4H2,1-3H3/b8-5+. The lowest BCUT2D eigenvalue weighted by Gasteiger charge is -2.04. The predicted octanol–water partition coefficient (Wildman–Crippen LogP) is 4.11. The maximum absolute atomic E-state index is 12.0. The van der Waals surface area contributed by atoms with E-state index in [1.807, 2.05) is 32.1 Å². The number of sulfone groups is 1. The molecule has 3 aromatic rings. The Labute approximate surface area is 146 Å². The van der Waals surface area contributed by atoms with E-state index in [-0.39, 0.29) is 10.6 Å².